The van der Waals surface area contributed by atoms with Gasteiger partial charge in [-0.3, -0.25) is 48.5 Å². The average Bonchev–Trinajstić information content (AvgIpc) is 0.806. The number of allylic oxidation sites excluding steroid dienone is 15. The Labute approximate surface area is 803 Å². The fourth-order valence-corrected chi connectivity index (χ4v) is 15.0. The van der Waals surface area contributed by atoms with Gasteiger partial charge in [-0.1, -0.05) is 53.0 Å². The summed E-state index contributed by atoms with van der Waals surface area (Å²) < 4.78 is 4.84. The molecule has 6 aromatic carbocycles. The van der Waals surface area contributed by atoms with E-state index in [0.29, 0.717) is 50.8 Å². The second kappa shape index (κ2) is 51.5. The zero-order valence-electron chi connectivity index (χ0n) is 81.0. The molecule has 5 N–H and O–H groups in total. The predicted octanol–water partition coefficient (Wildman–Crippen LogP) is 20.5. The molecule has 11 rings (SSSR count). The number of halogens is 3. The SMILES string of the molecule is CCN(CC)c1ccc(N=C2C=C(NC(=O)c3ccccc3)C(=O)C(Cl)=C2C)c(C)c1.CCN(CC)c1ccc(N=C2C=C(NC(C)=O)C(=O)C(Cl)=C2C)c(C)c1.CCN(CC)c1ccc(N=C2C=C(NC(C)=O)C(=O)C=C2C)c(C)c1.CCN(CC)c1ccc(N=C2C=CC(=O)C(NC(C)=O)=C2)c(C)c1.CCOC(=O)NC1=CC(=Nc2ccc(N(CC)CC)cc2C)C(C)=C(Cl)C1=O. The zero-order valence-corrected chi connectivity index (χ0v) is 83.3. The van der Waals surface area contributed by atoms with E-state index in [4.69, 9.17) is 49.5 Å². The highest BCUT2D eigenvalue weighted by Gasteiger charge is 2.30. The molecule has 0 spiro atoms. The van der Waals surface area contributed by atoms with Gasteiger partial charge in [-0.2, -0.15) is 0 Å². The number of aryl methyl sites for hydroxylation is 5. The van der Waals surface area contributed by atoms with Crippen LogP contribution >= 0.6 is 34.8 Å². The maximum atomic E-state index is 12.6. The fourth-order valence-electron chi connectivity index (χ4n) is 14.4. The number of Topliss-reactive ketones (excluding diaryl/α,β-unsaturated/α-hetero) is 3. The number of aliphatic imine (C=N–C) groups is 5. The van der Waals surface area contributed by atoms with Crippen molar-refractivity contribution in [3.63, 3.8) is 0 Å². The lowest BCUT2D eigenvalue weighted by Gasteiger charge is -2.22. The van der Waals surface area contributed by atoms with E-state index in [1.807, 2.05) is 96.1 Å². The monoisotopic (exact) mass is 1880 g/mol. The smallest absolute Gasteiger partial charge is 0.411 e. The van der Waals surface area contributed by atoms with E-state index in [2.05, 4.69) is 178 Å². The van der Waals surface area contributed by atoms with Crippen LogP contribution in [0.25, 0.3) is 0 Å². The number of rotatable bonds is 27. The molecular formula is C105H124Cl3N15O11. The molecule has 0 aromatic heterocycles. The largest absolute Gasteiger partial charge is 0.450 e. The van der Waals surface area contributed by atoms with Crippen molar-refractivity contribution in [1.82, 2.24) is 26.6 Å². The van der Waals surface area contributed by atoms with Crippen molar-refractivity contribution < 1.29 is 52.7 Å². The second-order valence-electron chi connectivity index (χ2n) is 31.4. The van der Waals surface area contributed by atoms with Gasteiger partial charge in [-0.25, -0.2) is 29.8 Å². The first-order valence-electron chi connectivity index (χ1n) is 44.9. The van der Waals surface area contributed by atoms with E-state index in [1.165, 1.54) is 50.4 Å². The molecule has 0 radical (unpaired) electrons. The van der Waals surface area contributed by atoms with Crippen molar-refractivity contribution in [1.29, 1.82) is 0 Å². The van der Waals surface area contributed by atoms with Gasteiger partial charge in [0.1, 0.15) is 0 Å². The number of carbonyl (C=O) groups excluding carboxylic acids is 10. The third kappa shape index (κ3) is 29.5. The first-order valence-corrected chi connectivity index (χ1v) is 46.0. The van der Waals surface area contributed by atoms with Crippen LogP contribution in [0.1, 0.15) is 163 Å². The normalized spacial score (nSPS) is 15.6. The average molecular weight is 1880 g/mol. The molecule has 26 nitrogen and oxygen atoms in total. The molecule has 0 atom stereocenters. The maximum Gasteiger partial charge on any atom is 0.411 e. The Morgan fingerprint density at radius 3 is 0.910 bits per heavy atom. The molecule has 0 heterocycles. The van der Waals surface area contributed by atoms with Crippen LogP contribution in [-0.2, 0) is 43.1 Å². The highest BCUT2D eigenvalue weighted by atomic mass is 35.5. The van der Waals surface area contributed by atoms with Crippen LogP contribution in [0.15, 0.2) is 261 Å². The minimum atomic E-state index is -0.703. The summed E-state index contributed by atoms with van der Waals surface area (Å²) in [6.45, 7) is 53.8. The van der Waals surface area contributed by atoms with Gasteiger partial charge in [0, 0.05) is 120 Å². The van der Waals surface area contributed by atoms with Crippen molar-refractivity contribution in [2.75, 3.05) is 96.6 Å². The van der Waals surface area contributed by atoms with Gasteiger partial charge in [-0.15, -0.1) is 0 Å². The number of benzene rings is 6. The Bertz CT molecular complexity index is 5990. The van der Waals surface area contributed by atoms with Crippen LogP contribution in [0, 0.1) is 34.6 Å². The molecule has 0 saturated heterocycles. The molecule has 6 aromatic rings. The molecule has 5 aliphatic carbocycles. The first kappa shape index (κ1) is 107. The van der Waals surface area contributed by atoms with Gasteiger partial charge in [0.25, 0.3) is 5.91 Å². The molecule has 134 heavy (non-hydrogen) atoms. The molecular weight excluding hydrogens is 1750 g/mol. The molecule has 706 valence electrons. The minimum absolute atomic E-state index is 0.0328. The summed E-state index contributed by atoms with van der Waals surface area (Å²) >= 11 is 18.6. The lowest BCUT2D eigenvalue weighted by molar-refractivity contribution is -0.120. The van der Waals surface area contributed by atoms with E-state index in [0.717, 1.165) is 144 Å². The van der Waals surface area contributed by atoms with Crippen molar-refractivity contribution >= 4 is 179 Å². The Morgan fingerprint density at radius 2 is 0.604 bits per heavy atom. The zero-order chi connectivity index (χ0) is 99.1. The summed E-state index contributed by atoms with van der Waals surface area (Å²) in [7, 11) is 0. The number of hydrogen-bond acceptors (Lipinski definition) is 21. The number of carbonyl (C=O) groups is 10. The topological polar surface area (TPSA) is 318 Å². The molecule has 0 aliphatic heterocycles. The standard InChI is InChI=1S/C25H26ClN3O2.C21H26ClN3O3.C20H24ClN3O2.C20H25N3O2.C19H23N3O2/c1-5-29(6-2)19-12-13-20(16(3)14-19)27-21-15-22(24(30)23(26)17(21)4)28-25(31)18-10-8-7-9-11-18;1-6-25(7-2)15-9-10-16(13(4)11-15)23-17-12-18(24-21(27)28-8-3)20(26)19(22)14(17)5;1-6-24(7-2)15-8-9-16(12(3)10-15)23-17-11-18(22-14(5)25)20(26)19(21)13(17)4;1-6-23(7-2)16-8-9-17(13(3)10-16)22-18-12-19(21-15(5)24)20(25)11-14(18)4;1-5-22(6-2)16-8-9-17(13(3)11-16)21-15-7-10-19(24)18(12-15)20-14(4)23/h7-15H,5-6H2,1-4H3,(H,28,31);9-12H,6-8H2,1-5H3,(H,24,27);8-11H,6-7H2,1-5H3,(H,22,25);8-12H,6-7H2,1-5H3,(H,21,24);7-12H,5-6H2,1-4H3,(H,20,23). The van der Waals surface area contributed by atoms with Crippen molar-refractivity contribution in [3.8, 4) is 0 Å². The van der Waals surface area contributed by atoms with Crippen LogP contribution in [0.4, 0.5) is 61.7 Å². The van der Waals surface area contributed by atoms with E-state index in [-0.39, 0.29) is 85.4 Å². The highest BCUT2D eigenvalue weighted by molar-refractivity contribution is 6.51. The number of alkyl carbamates (subject to hydrolysis) is 1. The van der Waals surface area contributed by atoms with Crippen LogP contribution in [0.5, 0.6) is 0 Å². The summed E-state index contributed by atoms with van der Waals surface area (Å²) in [5.74, 6) is -2.95. The van der Waals surface area contributed by atoms with Gasteiger partial charge in [0.2, 0.25) is 46.6 Å². The van der Waals surface area contributed by atoms with Crippen LogP contribution < -0.4 is 51.1 Å². The van der Waals surface area contributed by atoms with Gasteiger partial charge in [-0.05, 0) is 340 Å². The Kier molecular flexibility index (Phi) is 41.3. The van der Waals surface area contributed by atoms with Crippen LogP contribution in [-0.4, -0.2) is 159 Å². The number of nitrogens with zero attached hydrogens (tertiary/aromatic N) is 10. The maximum absolute atomic E-state index is 12.6. The number of nitrogens with one attached hydrogen (secondary N) is 5. The highest BCUT2D eigenvalue weighted by Crippen LogP contribution is 2.35. The third-order valence-electron chi connectivity index (χ3n) is 22.1. The lowest BCUT2D eigenvalue weighted by atomic mass is 10.0. The summed E-state index contributed by atoms with van der Waals surface area (Å²) in [5.41, 5.74) is 21.7. The number of anilines is 5. The fraction of sp³-hybridized carbons (Fsp3) is 0.324. The summed E-state index contributed by atoms with van der Waals surface area (Å²) in [6, 6.07) is 39.3. The summed E-state index contributed by atoms with van der Waals surface area (Å²) in [6.07, 6.45) is 11.8. The molecule has 29 heteroatoms. The van der Waals surface area contributed by atoms with Crippen molar-refractivity contribution in [3.05, 3.63) is 269 Å². The van der Waals surface area contributed by atoms with E-state index in [1.54, 1.807) is 82.3 Å². The van der Waals surface area contributed by atoms with E-state index >= 15 is 0 Å². The number of ketones is 5. The predicted molar refractivity (Wildman–Crippen MR) is 549 cm³/mol. The number of ether oxygens (including phenoxy) is 1. The quantitative estimate of drug-likeness (QED) is 0.0299. The summed E-state index contributed by atoms with van der Waals surface area (Å²) in [4.78, 5) is 154. The lowest BCUT2D eigenvalue weighted by Crippen LogP contribution is -2.31. The molecule has 5 aliphatic rings. The molecule has 0 bridgehead atoms. The van der Waals surface area contributed by atoms with E-state index < -0.39 is 23.4 Å². The van der Waals surface area contributed by atoms with Crippen LogP contribution in [0.2, 0.25) is 0 Å². The summed E-state index contributed by atoms with van der Waals surface area (Å²) in [5, 5.41) is 12.9. The molecule has 0 fully saturated rings. The van der Waals surface area contributed by atoms with Gasteiger partial charge in [0.05, 0.1) is 107 Å². The Balaban J connectivity index is 0.000000229. The minimum Gasteiger partial charge on any atom is -0.450 e. The van der Waals surface area contributed by atoms with Gasteiger partial charge >= 0.3 is 6.09 Å². The van der Waals surface area contributed by atoms with Gasteiger partial charge < -0.3 is 50.5 Å². The van der Waals surface area contributed by atoms with Crippen molar-refractivity contribution in [2.24, 2.45) is 25.0 Å². The third-order valence-corrected chi connectivity index (χ3v) is 23.4. The molecule has 5 amide bonds. The Morgan fingerprint density at radius 1 is 0.321 bits per heavy atom. The van der Waals surface area contributed by atoms with Gasteiger partial charge in [0.15, 0.2) is 0 Å². The van der Waals surface area contributed by atoms with Crippen molar-refractivity contribution in [2.45, 2.75) is 159 Å². The first-order chi connectivity index (χ1) is 63.7. The number of amides is 5. The van der Waals surface area contributed by atoms with E-state index in [9.17, 15) is 47.9 Å². The molecule has 0 saturated carbocycles. The second-order valence-corrected chi connectivity index (χ2v) is 32.6. The number of hydrogen-bond donors (Lipinski definition) is 5. The van der Waals surface area contributed by atoms with Crippen LogP contribution in [0.3, 0.4) is 0 Å². The Hall–Kier alpha value is -13.6. The molecule has 0 unspecified atom stereocenters.